The summed E-state index contributed by atoms with van der Waals surface area (Å²) < 4.78 is 0. The van der Waals surface area contributed by atoms with E-state index in [0.717, 1.165) is 37.0 Å². The molecule has 0 radical (unpaired) electrons. The predicted octanol–water partition coefficient (Wildman–Crippen LogP) is 5.54. The first-order valence-corrected chi connectivity index (χ1v) is 10.9. The lowest BCUT2D eigenvalue weighted by Crippen LogP contribution is -2.64. The Morgan fingerprint density at radius 3 is 2.35 bits per heavy atom. The summed E-state index contributed by atoms with van der Waals surface area (Å²) in [5, 5.41) is 11.3. The van der Waals surface area contributed by atoms with Gasteiger partial charge in [-0.15, -0.1) is 0 Å². The molecule has 2 heteroatoms. The van der Waals surface area contributed by atoms with Gasteiger partial charge >= 0.3 is 0 Å². The first-order chi connectivity index (χ1) is 12.1. The number of hydrogen-bond acceptors (Lipinski definition) is 2. The van der Waals surface area contributed by atoms with Crippen molar-refractivity contribution in [3.05, 3.63) is 11.6 Å². The summed E-state index contributed by atoms with van der Waals surface area (Å²) in [5.74, 6) is 1.88. The molecule has 2 nitrogen and oxygen atoms in total. The average Bonchev–Trinajstić information content (AvgIpc) is 2.56. The van der Waals surface area contributed by atoms with E-state index in [-0.39, 0.29) is 16.9 Å². The van der Waals surface area contributed by atoms with Crippen molar-refractivity contribution in [2.24, 2.45) is 39.4 Å². The number of aliphatic hydroxyl groups excluding tert-OH is 1. The van der Waals surface area contributed by atoms with E-state index in [1.807, 2.05) is 0 Å². The van der Waals surface area contributed by atoms with Gasteiger partial charge in [0.25, 0.3) is 0 Å². The van der Waals surface area contributed by atoms with Gasteiger partial charge < -0.3 is 5.11 Å². The molecule has 4 aliphatic carbocycles. The second-order valence-electron chi connectivity index (χ2n) is 11.5. The van der Waals surface area contributed by atoms with Crippen molar-refractivity contribution in [2.45, 2.75) is 92.1 Å². The molecule has 0 amide bonds. The molecular formula is C24H38O2. The molecule has 0 heterocycles. The Balaban J connectivity index is 1.77. The summed E-state index contributed by atoms with van der Waals surface area (Å²) in [7, 11) is 0. The maximum Gasteiger partial charge on any atom is 0.145 e. The monoisotopic (exact) mass is 358 g/mol. The fraction of sp³-hybridized carbons (Fsp3) is 0.875. The van der Waals surface area contributed by atoms with Crippen LogP contribution in [0.1, 0.15) is 86.0 Å². The first-order valence-electron chi connectivity index (χ1n) is 10.9. The van der Waals surface area contributed by atoms with Gasteiger partial charge in [0, 0.05) is 5.41 Å². The third-order valence-electron chi connectivity index (χ3n) is 9.93. The molecule has 0 aromatic heterocycles. The van der Waals surface area contributed by atoms with E-state index in [2.05, 4.69) is 40.7 Å². The molecule has 26 heavy (non-hydrogen) atoms. The number of rotatable bonds is 1. The number of aldehydes is 1. The molecule has 1 N–H and O–H groups in total. The normalized spacial score (nSPS) is 52.9. The topological polar surface area (TPSA) is 37.3 Å². The van der Waals surface area contributed by atoms with Crippen LogP contribution in [0.15, 0.2) is 11.6 Å². The van der Waals surface area contributed by atoms with Crippen molar-refractivity contribution < 1.29 is 9.90 Å². The molecule has 3 fully saturated rings. The van der Waals surface area contributed by atoms with Crippen molar-refractivity contribution in [1.29, 1.82) is 0 Å². The zero-order chi connectivity index (χ0) is 19.0. The Morgan fingerprint density at radius 2 is 1.65 bits per heavy atom. The predicted molar refractivity (Wildman–Crippen MR) is 106 cm³/mol. The minimum Gasteiger partial charge on any atom is -0.392 e. The summed E-state index contributed by atoms with van der Waals surface area (Å²) in [6, 6.07) is 0. The van der Waals surface area contributed by atoms with Crippen LogP contribution in [0, 0.1) is 39.4 Å². The van der Waals surface area contributed by atoms with E-state index < -0.39 is 0 Å². The highest BCUT2D eigenvalue weighted by atomic mass is 16.3. The molecule has 7 atom stereocenters. The molecule has 4 aliphatic rings. The van der Waals surface area contributed by atoms with Crippen LogP contribution in [0.3, 0.4) is 0 Å². The van der Waals surface area contributed by atoms with Crippen LogP contribution in [0.2, 0.25) is 0 Å². The summed E-state index contributed by atoms with van der Waals surface area (Å²) in [4.78, 5) is 11.4. The lowest BCUT2D eigenvalue weighted by atomic mass is 9.36. The number of carbonyl (C=O) groups excluding carboxylic acids is 1. The van der Waals surface area contributed by atoms with Crippen molar-refractivity contribution in [2.75, 3.05) is 0 Å². The summed E-state index contributed by atoms with van der Waals surface area (Å²) in [6.07, 6.45) is 12.4. The average molecular weight is 359 g/mol. The van der Waals surface area contributed by atoms with Gasteiger partial charge in [0.05, 0.1) is 6.10 Å². The van der Waals surface area contributed by atoms with Crippen LogP contribution >= 0.6 is 0 Å². The summed E-state index contributed by atoms with van der Waals surface area (Å²) in [6.45, 7) is 12.3. The van der Waals surface area contributed by atoms with E-state index in [9.17, 15) is 9.90 Å². The van der Waals surface area contributed by atoms with Crippen LogP contribution in [0.5, 0.6) is 0 Å². The van der Waals surface area contributed by atoms with Gasteiger partial charge in [-0.05, 0) is 84.5 Å². The summed E-state index contributed by atoms with van der Waals surface area (Å²) >= 11 is 0. The maximum absolute atomic E-state index is 11.4. The van der Waals surface area contributed by atoms with Crippen LogP contribution in [-0.4, -0.2) is 17.5 Å². The lowest BCUT2D eigenvalue weighted by Gasteiger charge is -2.69. The zero-order valence-electron chi connectivity index (χ0n) is 17.5. The Hall–Kier alpha value is -0.630. The third kappa shape index (κ3) is 2.30. The molecule has 4 rings (SSSR count). The third-order valence-corrected chi connectivity index (χ3v) is 9.93. The largest absolute Gasteiger partial charge is 0.392 e. The van der Waals surface area contributed by atoms with E-state index in [1.54, 1.807) is 0 Å². The minimum atomic E-state index is -0.318. The standard InChI is InChI=1S/C24H38O2/c1-21(2)10-6-11-22(3)17(21)9-12-23(4)18-8-7-16(15-25)14-24(18,5)20(26)13-19(22)23/h14-15,17-20,26H,6-13H2,1-5H3/t17?,18?,19?,20-,22+,23+,24-/m1/s1. The quantitative estimate of drug-likeness (QED) is 0.625. The maximum atomic E-state index is 11.4. The number of aliphatic hydroxyl groups is 1. The number of carbonyl (C=O) groups is 1. The van der Waals surface area contributed by atoms with E-state index >= 15 is 0 Å². The molecule has 0 bridgehead atoms. The van der Waals surface area contributed by atoms with Crippen LogP contribution in [-0.2, 0) is 4.79 Å². The van der Waals surface area contributed by atoms with Crippen molar-refractivity contribution in [3.8, 4) is 0 Å². The summed E-state index contributed by atoms with van der Waals surface area (Å²) in [5.41, 5.74) is 1.75. The van der Waals surface area contributed by atoms with Crippen molar-refractivity contribution in [1.82, 2.24) is 0 Å². The highest BCUT2D eigenvalue weighted by Crippen LogP contribution is 2.72. The Kier molecular flexibility index (Phi) is 4.10. The highest BCUT2D eigenvalue weighted by Gasteiger charge is 2.65. The fourth-order valence-corrected chi connectivity index (χ4v) is 8.77. The van der Waals surface area contributed by atoms with Crippen molar-refractivity contribution >= 4 is 6.29 Å². The van der Waals surface area contributed by atoms with Gasteiger partial charge in [-0.2, -0.15) is 0 Å². The van der Waals surface area contributed by atoms with Gasteiger partial charge in [-0.1, -0.05) is 47.1 Å². The smallest absolute Gasteiger partial charge is 0.145 e. The van der Waals surface area contributed by atoms with Gasteiger partial charge in [0.1, 0.15) is 6.29 Å². The Morgan fingerprint density at radius 1 is 0.962 bits per heavy atom. The Bertz CT molecular complexity index is 634. The van der Waals surface area contributed by atoms with E-state index in [0.29, 0.717) is 22.7 Å². The van der Waals surface area contributed by atoms with Crippen LogP contribution < -0.4 is 0 Å². The SMILES string of the molecule is CC1(C)CCC[C@@]2(C)C1CC[C@]1(C)C2C[C@@H](O)[C@]2(C)C=C(C=O)CCC12. The molecule has 0 spiro atoms. The fourth-order valence-electron chi connectivity index (χ4n) is 8.77. The molecule has 0 aromatic carbocycles. The van der Waals surface area contributed by atoms with Gasteiger partial charge in [0.2, 0.25) is 0 Å². The van der Waals surface area contributed by atoms with Gasteiger partial charge in [-0.3, -0.25) is 4.79 Å². The minimum absolute atomic E-state index is 0.229. The lowest BCUT2D eigenvalue weighted by molar-refractivity contribution is -0.215. The molecule has 0 aliphatic heterocycles. The highest BCUT2D eigenvalue weighted by molar-refractivity contribution is 5.73. The number of fused-ring (bicyclic) bond motifs is 5. The molecule has 0 aromatic rings. The second-order valence-corrected chi connectivity index (χ2v) is 11.5. The molecular weight excluding hydrogens is 320 g/mol. The zero-order valence-corrected chi connectivity index (χ0v) is 17.5. The molecule has 3 unspecified atom stereocenters. The number of hydrogen-bond donors (Lipinski definition) is 1. The second kappa shape index (κ2) is 5.69. The molecule has 146 valence electrons. The first kappa shape index (κ1) is 18.7. The van der Waals surface area contributed by atoms with Crippen molar-refractivity contribution in [3.63, 3.8) is 0 Å². The van der Waals surface area contributed by atoms with Gasteiger partial charge in [0.15, 0.2) is 0 Å². The van der Waals surface area contributed by atoms with E-state index in [4.69, 9.17) is 0 Å². The van der Waals surface area contributed by atoms with Gasteiger partial charge in [-0.25, -0.2) is 0 Å². The van der Waals surface area contributed by atoms with Crippen LogP contribution in [0.25, 0.3) is 0 Å². The molecule has 3 saturated carbocycles. The van der Waals surface area contributed by atoms with Crippen LogP contribution in [0.4, 0.5) is 0 Å². The number of allylic oxidation sites excluding steroid dienone is 1. The molecule has 0 saturated heterocycles. The van der Waals surface area contributed by atoms with E-state index in [1.165, 1.54) is 32.1 Å². The Labute approximate surface area is 159 Å².